The van der Waals surface area contributed by atoms with Crippen LogP contribution < -0.4 is 0 Å². The lowest BCUT2D eigenvalue weighted by molar-refractivity contribution is -0.142. The Morgan fingerprint density at radius 1 is 1.09 bits per heavy atom. The molecule has 3 aliphatic heterocycles. The number of hydrogen-bond donors (Lipinski definition) is 0. The average Bonchev–Trinajstić information content (AvgIpc) is 3.55. The van der Waals surface area contributed by atoms with Gasteiger partial charge >= 0.3 is 6.18 Å². The fraction of sp³-hybridized carbons (Fsp3) is 0.750. The van der Waals surface area contributed by atoms with Crippen LogP contribution >= 0.6 is 0 Å². The molecular weight excluding hydrogens is 563 g/mol. The number of ether oxygens (including phenoxy) is 1. The molecule has 5 rings (SSSR count). The maximum absolute atomic E-state index is 14.5. The van der Waals surface area contributed by atoms with Gasteiger partial charge in [0.1, 0.15) is 12.4 Å². The van der Waals surface area contributed by atoms with Crippen LogP contribution in [0.25, 0.3) is 0 Å². The molecule has 0 radical (unpaired) electrons. The fourth-order valence-corrected chi connectivity index (χ4v) is 8.56. The Balaban J connectivity index is 1.42. The molecule has 44 heavy (non-hydrogen) atoms. The van der Waals surface area contributed by atoms with E-state index in [1.54, 1.807) is 0 Å². The summed E-state index contributed by atoms with van der Waals surface area (Å²) in [5, 5.41) is 0. The first-order valence-corrected chi connectivity index (χ1v) is 17.3. The molecule has 1 amide bonds. The topological polar surface area (TPSA) is 54.3 Å². The maximum Gasteiger partial charge on any atom is 0.418 e. The predicted octanol–water partition coefficient (Wildman–Crippen LogP) is 8.66. The summed E-state index contributed by atoms with van der Waals surface area (Å²) in [6.07, 6.45) is 10.7. The van der Waals surface area contributed by atoms with Crippen molar-refractivity contribution in [3.8, 4) is 0 Å². The molecule has 244 valence electrons. The zero-order chi connectivity index (χ0) is 31.4. The van der Waals surface area contributed by atoms with Gasteiger partial charge in [0.05, 0.1) is 17.3 Å². The molecule has 5 unspecified atom stereocenters. The van der Waals surface area contributed by atoms with E-state index in [2.05, 4.69) is 43.8 Å². The zero-order valence-corrected chi connectivity index (χ0v) is 27.2. The second-order valence-corrected chi connectivity index (χ2v) is 14.2. The van der Waals surface area contributed by atoms with E-state index in [9.17, 15) is 18.0 Å². The van der Waals surface area contributed by atoms with E-state index < -0.39 is 11.7 Å². The highest BCUT2D eigenvalue weighted by Crippen LogP contribution is 2.47. The standard InChI is InChI=1S/C36H52F3N3O2/c1-5-8-29(27-9-6-10-28-21-32(41-22-40-28)31(20-27)36(37,38)39)34(23(2)3)30-19-26(13-12-24(30)4)25-14-16-42(17-15-25)35(43)33-11-7-18-44-33/h9,20,22-26,28,30,33H,5-8,10-19,21H2,1-4H3/b27-9+,31-20?,34-29+. The lowest BCUT2D eigenvalue weighted by atomic mass is 9.63. The molecule has 5 atom stereocenters. The summed E-state index contributed by atoms with van der Waals surface area (Å²) in [6.45, 7) is 11.2. The molecule has 0 N–H and O–H groups in total. The molecule has 3 fully saturated rings. The van der Waals surface area contributed by atoms with Gasteiger partial charge in [0, 0.05) is 26.1 Å². The number of carbonyl (C=O) groups excluding carboxylic acids is 1. The van der Waals surface area contributed by atoms with Gasteiger partial charge in [-0.15, -0.1) is 0 Å². The quantitative estimate of drug-likeness (QED) is 0.288. The highest BCUT2D eigenvalue weighted by molar-refractivity contribution is 6.06. The van der Waals surface area contributed by atoms with Crippen LogP contribution in [-0.4, -0.2) is 60.9 Å². The molecule has 0 aromatic carbocycles. The van der Waals surface area contributed by atoms with E-state index in [-0.39, 0.29) is 36.1 Å². The van der Waals surface area contributed by atoms with Crippen molar-refractivity contribution in [3.05, 3.63) is 34.4 Å². The van der Waals surface area contributed by atoms with Crippen LogP contribution in [0.1, 0.15) is 105 Å². The maximum atomic E-state index is 14.5. The van der Waals surface area contributed by atoms with Crippen molar-refractivity contribution in [3.63, 3.8) is 0 Å². The van der Waals surface area contributed by atoms with Crippen molar-refractivity contribution in [1.82, 2.24) is 4.90 Å². The van der Waals surface area contributed by atoms with Gasteiger partial charge in [-0.3, -0.25) is 9.79 Å². The summed E-state index contributed by atoms with van der Waals surface area (Å²) in [4.78, 5) is 23.5. The van der Waals surface area contributed by atoms with E-state index in [1.165, 1.54) is 24.4 Å². The second kappa shape index (κ2) is 14.5. The van der Waals surface area contributed by atoms with Crippen LogP contribution in [0.15, 0.2) is 44.4 Å². The number of aliphatic imine (C=N–C) groups is 2. The molecule has 0 spiro atoms. The normalized spacial score (nSPS) is 32.2. The van der Waals surface area contributed by atoms with Crippen LogP contribution in [0.5, 0.6) is 0 Å². The van der Waals surface area contributed by atoms with Crippen LogP contribution in [0.2, 0.25) is 0 Å². The average molecular weight is 616 g/mol. The number of amides is 1. The molecule has 5 nitrogen and oxygen atoms in total. The van der Waals surface area contributed by atoms with E-state index in [1.807, 2.05) is 4.90 Å². The van der Waals surface area contributed by atoms with Crippen LogP contribution in [-0.2, 0) is 9.53 Å². The molecule has 3 heterocycles. The van der Waals surface area contributed by atoms with Gasteiger partial charge in [-0.1, -0.05) is 45.8 Å². The molecule has 0 aromatic heterocycles. The minimum Gasteiger partial charge on any atom is -0.368 e. The first-order valence-electron chi connectivity index (χ1n) is 17.3. The second-order valence-electron chi connectivity index (χ2n) is 14.2. The summed E-state index contributed by atoms with van der Waals surface area (Å²) in [5.74, 6) is 2.40. The zero-order valence-electron chi connectivity index (χ0n) is 27.2. The van der Waals surface area contributed by atoms with Crippen molar-refractivity contribution in [2.75, 3.05) is 19.7 Å². The first kappa shape index (κ1) is 33.2. The molecular formula is C36H52F3N3O2. The number of carbonyl (C=O) groups is 1. The molecule has 5 aliphatic rings. The third-order valence-electron chi connectivity index (χ3n) is 10.9. The highest BCUT2D eigenvalue weighted by atomic mass is 19.4. The Hall–Kier alpha value is -2.22. The largest absolute Gasteiger partial charge is 0.418 e. The van der Waals surface area contributed by atoms with Gasteiger partial charge in [0.2, 0.25) is 0 Å². The molecule has 0 aromatic rings. The third kappa shape index (κ3) is 7.59. The van der Waals surface area contributed by atoms with Gasteiger partial charge in [-0.25, -0.2) is 4.99 Å². The van der Waals surface area contributed by atoms with Crippen LogP contribution in [0, 0.1) is 29.6 Å². The smallest absolute Gasteiger partial charge is 0.368 e. The third-order valence-corrected chi connectivity index (χ3v) is 10.9. The van der Waals surface area contributed by atoms with Crippen molar-refractivity contribution < 1.29 is 22.7 Å². The van der Waals surface area contributed by atoms with Gasteiger partial charge < -0.3 is 9.64 Å². The lowest BCUT2D eigenvalue weighted by Crippen LogP contribution is -2.45. The lowest BCUT2D eigenvalue weighted by Gasteiger charge is -2.44. The number of rotatable bonds is 7. The molecule has 2 aliphatic carbocycles. The summed E-state index contributed by atoms with van der Waals surface area (Å²) in [6, 6.07) is -0.154. The van der Waals surface area contributed by atoms with Gasteiger partial charge in [-0.2, -0.15) is 13.2 Å². The first-order chi connectivity index (χ1) is 21.1. The number of halogens is 3. The Bertz CT molecular complexity index is 1180. The predicted molar refractivity (Wildman–Crippen MR) is 171 cm³/mol. The summed E-state index contributed by atoms with van der Waals surface area (Å²) < 4.78 is 49.3. The van der Waals surface area contributed by atoms with Gasteiger partial charge in [0.25, 0.3) is 5.91 Å². The van der Waals surface area contributed by atoms with Crippen molar-refractivity contribution in [2.24, 2.45) is 39.6 Å². The Morgan fingerprint density at radius 2 is 1.86 bits per heavy atom. The summed E-state index contributed by atoms with van der Waals surface area (Å²) in [5.41, 5.74) is 2.73. The Kier molecular flexibility index (Phi) is 10.9. The van der Waals surface area contributed by atoms with E-state index in [0.29, 0.717) is 36.7 Å². The fourth-order valence-electron chi connectivity index (χ4n) is 8.56. The summed E-state index contributed by atoms with van der Waals surface area (Å²) >= 11 is 0. The Morgan fingerprint density at radius 3 is 2.52 bits per heavy atom. The van der Waals surface area contributed by atoms with Gasteiger partial charge in [0.15, 0.2) is 0 Å². The van der Waals surface area contributed by atoms with E-state index >= 15 is 0 Å². The van der Waals surface area contributed by atoms with E-state index in [0.717, 1.165) is 82.0 Å². The minimum absolute atomic E-state index is 0.114. The molecule has 1 saturated carbocycles. The monoisotopic (exact) mass is 615 g/mol. The van der Waals surface area contributed by atoms with Crippen LogP contribution in [0.4, 0.5) is 13.2 Å². The minimum atomic E-state index is -4.48. The van der Waals surface area contributed by atoms with E-state index in [4.69, 9.17) is 4.74 Å². The van der Waals surface area contributed by atoms with Crippen molar-refractivity contribution in [1.29, 1.82) is 0 Å². The number of hydrogen-bond acceptors (Lipinski definition) is 4. The highest BCUT2D eigenvalue weighted by Gasteiger charge is 2.41. The molecule has 2 bridgehead atoms. The number of fused-ring (bicyclic) bond motifs is 2. The molecule has 8 heteroatoms. The van der Waals surface area contributed by atoms with Gasteiger partial charge in [-0.05, 0) is 111 Å². The number of likely N-dealkylation sites (tertiary alicyclic amines) is 1. The SMILES string of the molecule is CCCC(/C1=C/CCC2CC(=NC=N2)C(C(F)(F)F)=C1)=C(/C(C)C)C1CC(C2CCN(C(=O)C3CCCO3)CC2)CCC1C. The number of piperidine rings is 1. The van der Waals surface area contributed by atoms with Crippen molar-refractivity contribution in [2.45, 2.75) is 123 Å². The molecule has 2 saturated heterocycles. The Labute approximate surface area is 262 Å². The summed E-state index contributed by atoms with van der Waals surface area (Å²) in [7, 11) is 0. The number of allylic oxidation sites excluding steroid dienone is 6. The van der Waals surface area contributed by atoms with Crippen molar-refractivity contribution >= 4 is 18.0 Å². The number of alkyl halides is 3. The van der Waals surface area contributed by atoms with Crippen LogP contribution in [0.3, 0.4) is 0 Å². The number of nitrogens with zero attached hydrogens (tertiary/aromatic N) is 3.